The van der Waals surface area contributed by atoms with Crippen LogP contribution in [0.15, 0.2) is 82.6 Å². The second-order valence-corrected chi connectivity index (χ2v) is 10.6. The fourth-order valence-electron chi connectivity index (χ4n) is 5.16. The normalized spacial score (nSPS) is 21.4. The number of nitrogens with one attached hydrogen (secondary N) is 1. The Hall–Kier alpha value is -4.31. The lowest BCUT2D eigenvalue weighted by atomic mass is 9.80. The molecule has 1 aromatic heterocycles. The second kappa shape index (κ2) is 9.46. The van der Waals surface area contributed by atoms with E-state index in [0.29, 0.717) is 26.3 Å². The average Bonchev–Trinajstić information content (AvgIpc) is 3.18. The van der Waals surface area contributed by atoms with Crippen molar-refractivity contribution < 1.29 is 23.0 Å². The Morgan fingerprint density at radius 1 is 1.13 bits per heavy atom. The highest BCUT2D eigenvalue weighted by Gasteiger charge is 2.55. The number of anilines is 1. The molecule has 2 aliphatic heterocycles. The fraction of sp³-hybridized carbons (Fsp3) is 0.207. The number of hydrogen-bond donors (Lipinski definition) is 1. The zero-order valence-electron chi connectivity index (χ0n) is 20.9. The Bertz CT molecular complexity index is 1770. The number of hydrogen-bond acceptors (Lipinski definition) is 6. The number of thiazole rings is 1. The summed E-state index contributed by atoms with van der Waals surface area (Å²) in [6.07, 6.45) is 1.67. The molecule has 1 N–H and O–H groups in total. The number of aromatic nitrogens is 1. The van der Waals surface area contributed by atoms with E-state index in [1.54, 1.807) is 29.7 Å². The van der Waals surface area contributed by atoms with Crippen molar-refractivity contribution in [3.05, 3.63) is 109 Å². The molecule has 3 heterocycles. The lowest BCUT2D eigenvalue weighted by Gasteiger charge is -2.45. The molecule has 198 valence electrons. The van der Waals surface area contributed by atoms with Crippen LogP contribution < -0.4 is 29.7 Å². The molecule has 7 nitrogen and oxygen atoms in total. The largest absolute Gasteiger partial charge is 0.465 e. The Morgan fingerprint density at radius 2 is 1.85 bits per heavy atom. The molecule has 0 unspecified atom stereocenters. The number of rotatable bonds is 5. The second-order valence-electron chi connectivity index (χ2n) is 9.55. The van der Waals surface area contributed by atoms with Crippen molar-refractivity contribution in [3.63, 3.8) is 0 Å². The first-order chi connectivity index (χ1) is 18.7. The van der Waals surface area contributed by atoms with Gasteiger partial charge in [-0.15, -0.1) is 0 Å². The average molecular weight is 548 g/mol. The van der Waals surface area contributed by atoms with E-state index in [1.807, 2.05) is 55.5 Å². The molecule has 10 heteroatoms. The van der Waals surface area contributed by atoms with E-state index in [4.69, 9.17) is 9.73 Å². The van der Waals surface area contributed by atoms with Gasteiger partial charge in [-0.25, -0.2) is 4.99 Å². The Balaban J connectivity index is 1.47. The summed E-state index contributed by atoms with van der Waals surface area (Å²) < 4.78 is 37.7. The highest BCUT2D eigenvalue weighted by molar-refractivity contribution is 7.07. The number of benzene rings is 3. The number of nitrogens with zero attached hydrogens (tertiary/aromatic N) is 2. The molecule has 6 rings (SSSR count). The van der Waals surface area contributed by atoms with E-state index in [9.17, 15) is 18.4 Å². The van der Waals surface area contributed by atoms with Gasteiger partial charge in [0.1, 0.15) is 17.4 Å². The summed E-state index contributed by atoms with van der Waals surface area (Å²) in [6.45, 7) is 0.749. The third-order valence-corrected chi connectivity index (χ3v) is 7.95. The van der Waals surface area contributed by atoms with E-state index in [2.05, 4.69) is 10.1 Å². The first-order valence-electron chi connectivity index (χ1n) is 12.3. The summed E-state index contributed by atoms with van der Waals surface area (Å²) in [5, 5.41) is 3.02. The van der Waals surface area contributed by atoms with Crippen LogP contribution in [0.2, 0.25) is 0 Å². The van der Waals surface area contributed by atoms with Gasteiger partial charge in [-0.05, 0) is 55.3 Å². The van der Waals surface area contributed by atoms with Crippen LogP contribution in [0.5, 0.6) is 11.5 Å². The number of aryl methyl sites for hydroxylation is 1. The van der Waals surface area contributed by atoms with Gasteiger partial charge in [0.05, 0.1) is 10.6 Å². The standard InChI is InChI=1S/C29H23F2N3O4S/c1-16-7-3-5-9-20(16)32-25(35)23-24-19-8-4-6-10-21(19)38-29(23,2)33-28-34(24)26(36)22(39-28)15-17-11-13-18(14-12-17)37-27(30)31/h3-15,23-24,27H,1-2H3,(H,32,35)/b22-15+/t23-,24+,29+/m0/s1. The summed E-state index contributed by atoms with van der Waals surface area (Å²) >= 11 is 1.19. The first-order valence-corrected chi connectivity index (χ1v) is 13.1. The van der Waals surface area contributed by atoms with Crippen LogP contribution in [-0.4, -0.2) is 22.8 Å². The van der Waals surface area contributed by atoms with Gasteiger partial charge in [0.15, 0.2) is 4.80 Å². The minimum absolute atomic E-state index is 0.0253. The molecule has 39 heavy (non-hydrogen) atoms. The predicted molar refractivity (Wildman–Crippen MR) is 143 cm³/mol. The smallest absolute Gasteiger partial charge is 0.387 e. The van der Waals surface area contributed by atoms with E-state index < -0.39 is 24.3 Å². The first kappa shape index (κ1) is 25.0. The lowest BCUT2D eigenvalue weighted by Crippen LogP contribution is -2.59. The summed E-state index contributed by atoms with van der Waals surface area (Å²) in [7, 11) is 0. The molecule has 0 saturated heterocycles. The summed E-state index contributed by atoms with van der Waals surface area (Å²) in [5.74, 6) is -0.542. The van der Waals surface area contributed by atoms with Gasteiger partial charge in [-0.2, -0.15) is 8.78 Å². The van der Waals surface area contributed by atoms with Gasteiger partial charge in [-0.3, -0.25) is 14.2 Å². The molecular weight excluding hydrogens is 524 g/mol. The van der Waals surface area contributed by atoms with Crippen molar-refractivity contribution >= 4 is 29.0 Å². The molecule has 0 spiro atoms. The summed E-state index contributed by atoms with van der Waals surface area (Å²) in [4.78, 5) is 32.9. The third-order valence-electron chi connectivity index (χ3n) is 6.97. The van der Waals surface area contributed by atoms with Gasteiger partial charge in [0.25, 0.3) is 5.56 Å². The predicted octanol–water partition coefficient (Wildman–Crippen LogP) is 4.23. The van der Waals surface area contributed by atoms with Gasteiger partial charge in [0, 0.05) is 11.3 Å². The van der Waals surface area contributed by atoms with E-state index >= 15 is 0 Å². The van der Waals surface area contributed by atoms with Crippen LogP contribution in [0.4, 0.5) is 14.5 Å². The summed E-state index contributed by atoms with van der Waals surface area (Å²) in [6, 6.07) is 20.2. The number of amides is 1. The van der Waals surface area contributed by atoms with Gasteiger partial charge in [0.2, 0.25) is 11.6 Å². The van der Waals surface area contributed by atoms with Gasteiger partial charge >= 0.3 is 6.61 Å². The number of carbonyl (C=O) groups is 1. The SMILES string of the molecule is Cc1ccccc1NC(=O)[C@@H]1[C@H]2c3ccccc3O[C@@]1(C)N=c1s/c(=C/c3ccc(OC(F)F)cc3)c(=O)n12. The Morgan fingerprint density at radius 3 is 2.59 bits per heavy atom. The van der Waals surface area contributed by atoms with Crippen molar-refractivity contribution in [2.75, 3.05) is 5.32 Å². The number of fused-ring (bicyclic) bond motifs is 6. The van der Waals surface area contributed by atoms with Gasteiger partial charge < -0.3 is 14.8 Å². The Kier molecular flexibility index (Phi) is 6.06. The number of halogens is 2. The maximum absolute atomic E-state index is 13.8. The molecule has 3 atom stereocenters. The van der Waals surface area contributed by atoms with Crippen LogP contribution in [-0.2, 0) is 4.79 Å². The van der Waals surface area contributed by atoms with Crippen LogP contribution in [0.1, 0.15) is 29.7 Å². The molecule has 0 fully saturated rings. The third kappa shape index (κ3) is 4.40. The van der Waals surface area contributed by atoms with Crippen molar-refractivity contribution in [1.82, 2.24) is 4.57 Å². The maximum Gasteiger partial charge on any atom is 0.387 e. The zero-order valence-corrected chi connectivity index (χ0v) is 21.7. The minimum Gasteiger partial charge on any atom is -0.465 e. The van der Waals surface area contributed by atoms with Crippen LogP contribution in [0.3, 0.4) is 0 Å². The van der Waals surface area contributed by atoms with Gasteiger partial charge in [-0.1, -0.05) is 59.9 Å². The van der Waals surface area contributed by atoms with Crippen LogP contribution in [0, 0.1) is 12.8 Å². The molecular formula is C29H23F2N3O4S. The molecule has 2 bridgehead atoms. The maximum atomic E-state index is 13.8. The highest BCUT2D eigenvalue weighted by Crippen LogP contribution is 2.47. The monoisotopic (exact) mass is 547 g/mol. The van der Waals surface area contributed by atoms with E-state index in [-0.39, 0.29) is 17.2 Å². The molecule has 0 aliphatic carbocycles. The number of alkyl halides is 2. The van der Waals surface area contributed by atoms with E-state index in [0.717, 1.165) is 11.1 Å². The number of para-hydroxylation sites is 2. The zero-order chi connectivity index (χ0) is 27.3. The van der Waals surface area contributed by atoms with E-state index in [1.165, 1.54) is 23.5 Å². The van der Waals surface area contributed by atoms with Crippen molar-refractivity contribution in [3.8, 4) is 11.5 Å². The molecule has 0 radical (unpaired) electrons. The lowest BCUT2D eigenvalue weighted by molar-refractivity contribution is -0.131. The Labute approximate surface area is 225 Å². The minimum atomic E-state index is -2.92. The quantitative estimate of drug-likeness (QED) is 0.406. The highest BCUT2D eigenvalue weighted by atomic mass is 32.1. The topological polar surface area (TPSA) is 81.9 Å². The molecule has 3 aromatic carbocycles. The van der Waals surface area contributed by atoms with Crippen molar-refractivity contribution in [2.45, 2.75) is 32.2 Å². The van der Waals surface area contributed by atoms with Crippen molar-refractivity contribution in [2.24, 2.45) is 10.9 Å². The van der Waals surface area contributed by atoms with Crippen LogP contribution >= 0.6 is 11.3 Å². The van der Waals surface area contributed by atoms with Crippen LogP contribution in [0.25, 0.3) is 6.08 Å². The molecule has 1 amide bonds. The fourth-order valence-corrected chi connectivity index (χ4v) is 6.26. The summed E-state index contributed by atoms with van der Waals surface area (Å²) in [5.41, 5.74) is 1.38. The molecule has 2 aliphatic rings. The number of carbonyl (C=O) groups excluding carboxylic acids is 1. The number of ether oxygens (including phenoxy) is 2. The molecule has 0 saturated carbocycles. The molecule has 4 aromatic rings. The van der Waals surface area contributed by atoms with Crippen molar-refractivity contribution in [1.29, 1.82) is 0 Å².